The number of likely N-dealkylation sites (N-methyl/N-ethyl adjacent to an activating group) is 1. The van der Waals surface area contributed by atoms with Gasteiger partial charge in [-0.2, -0.15) is 0 Å². The Balaban J connectivity index is 0.000000868. The van der Waals surface area contributed by atoms with Crippen molar-refractivity contribution in [2.75, 3.05) is 33.2 Å². The first kappa shape index (κ1) is 21.5. The smallest absolute Gasteiger partial charge is 0.244 e. The van der Waals surface area contributed by atoms with Crippen molar-refractivity contribution in [3.05, 3.63) is 35.6 Å². The van der Waals surface area contributed by atoms with Gasteiger partial charge < -0.3 is 15.5 Å². The van der Waals surface area contributed by atoms with Crippen molar-refractivity contribution in [1.29, 1.82) is 0 Å². The van der Waals surface area contributed by atoms with Gasteiger partial charge in [-0.15, -0.1) is 0 Å². The molecule has 0 saturated carbocycles. The number of hydrogen-bond donors (Lipinski definition) is 1. The molecule has 1 amide bonds. The van der Waals surface area contributed by atoms with Gasteiger partial charge >= 0.3 is 0 Å². The fourth-order valence-electron chi connectivity index (χ4n) is 2.04. The Morgan fingerprint density at radius 1 is 1.13 bits per heavy atom. The van der Waals surface area contributed by atoms with Gasteiger partial charge in [0.25, 0.3) is 0 Å². The van der Waals surface area contributed by atoms with E-state index in [-0.39, 0.29) is 11.7 Å². The van der Waals surface area contributed by atoms with E-state index in [2.05, 4.69) is 18.7 Å². The molecule has 0 spiro atoms. The normalized spacial score (nSPS) is 15.7. The molecule has 1 unspecified atom stereocenters. The number of piperazine rings is 1. The minimum atomic E-state index is -0.700. The minimum absolute atomic E-state index is 0.0882. The number of nitrogens with two attached hydrogens (primary N) is 1. The molecule has 0 bridgehead atoms. The van der Waals surface area contributed by atoms with E-state index in [4.69, 9.17) is 5.73 Å². The van der Waals surface area contributed by atoms with E-state index in [0.29, 0.717) is 18.7 Å². The zero-order chi connectivity index (χ0) is 17.8. The number of benzene rings is 1. The molecule has 0 aliphatic carbocycles. The van der Waals surface area contributed by atoms with Crippen LogP contribution in [0.3, 0.4) is 0 Å². The van der Waals surface area contributed by atoms with Crippen LogP contribution >= 0.6 is 0 Å². The average molecular weight is 325 g/mol. The van der Waals surface area contributed by atoms with Crippen molar-refractivity contribution < 1.29 is 9.18 Å². The summed E-state index contributed by atoms with van der Waals surface area (Å²) in [5.41, 5.74) is 6.58. The summed E-state index contributed by atoms with van der Waals surface area (Å²) < 4.78 is 12.8. The third-order valence-corrected chi connectivity index (χ3v) is 3.31. The number of amides is 1. The second-order valence-corrected chi connectivity index (χ2v) is 5.36. The van der Waals surface area contributed by atoms with Crippen molar-refractivity contribution in [1.82, 2.24) is 9.80 Å². The maximum Gasteiger partial charge on any atom is 0.244 e. The lowest BCUT2D eigenvalue weighted by Crippen LogP contribution is -2.49. The van der Waals surface area contributed by atoms with Crippen LogP contribution in [0.4, 0.5) is 4.39 Å². The predicted octanol–water partition coefficient (Wildman–Crippen LogP) is 3.04. The summed E-state index contributed by atoms with van der Waals surface area (Å²) in [7, 11) is 2.03. The van der Waals surface area contributed by atoms with Gasteiger partial charge in [-0.1, -0.05) is 46.2 Å². The first-order chi connectivity index (χ1) is 11.0. The summed E-state index contributed by atoms with van der Waals surface area (Å²) in [5.74, 6) is -0.410. The fourth-order valence-corrected chi connectivity index (χ4v) is 2.04. The van der Waals surface area contributed by atoms with E-state index in [0.717, 1.165) is 13.1 Å². The molecule has 4 nitrogen and oxygen atoms in total. The molecule has 132 valence electrons. The molecule has 1 aliphatic heterocycles. The van der Waals surface area contributed by atoms with Crippen LogP contribution < -0.4 is 5.73 Å². The van der Waals surface area contributed by atoms with Gasteiger partial charge in [0.1, 0.15) is 11.9 Å². The molecule has 1 fully saturated rings. The molecule has 23 heavy (non-hydrogen) atoms. The summed E-state index contributed by atoms with van der Waals surface area (Å²) in [6.45, 7) is 11.4. The highest BCUT2D eigenvalue weighted by atomic mass is 19.1. The van der Waals surface area contributed by atoms with Gasteiger partial charge in [-0.3, -0.25) is 4.79 Å². The van der Waals surface area contributed by atoms with Crippen molar-refractivity contribution in [2.24, 2.45) is 5.73 Å². The van der Waals surface area contributed by atoms with Crippen LogP contribution in [0.15, 0.2) is 24.3 Å². The van der Waals surface area contributed by atoms with Gasteiger partial charge in [0.15, 0.2) is 0 Å². The molecule has 2 N–H and O–H groups in total. The summed E-state index contributed by atoms with van der Waals surface area (Å²) in [6.07, 6.45) is 1.25. The van der Waals surface area contributed by atoms with E-state index >= 15 is 0 Å². The molecule has 0 aromatic heterocycles. The number of nitrogens with zero attached hydrogens (tertiary/aromatic N) is 2. The Morgan fingerprint density at radius 2 is 1.57 bits per heavy atom. The summed E-state index contributed by atoms with van der Waals surface area (Å²) >= 11 is 0. The van der Waals surface area contributed by atoms with Crippen molar-refractivity contribution in [3.63, 3.8) is 0 Å². The molecule has 1 aromatic carbocycles. The maximum atomic E-state index is 12.8. The van der Waals surface area contributed by atoms with Gasteiger partial charge in [0.05, 0.1) is 0 Å². The number of carbonyl (C=O) groups is 1. The van der Waals surface area contributed by atoms with Gasteiger partial charge in [0.2, 0.25) is 5.91 Å². The highest BCUT2D eigenvalue weighted by molar-refractivity contribution is 5.83. The number of hydrogen-bond acceptors (Lipinski definition) is 3. The van der Waals surface area contributed by atoms with Crippen LogP contribution in [0, 0.1) is 5.82 Å². The molecule has 2 rings (SSSR count). The third-order valence-electron chi connectivity index (χ3n) is 3.31. The second-order valence-electron chi connectivity index (χ2n) is 5.36. The molecule has 1 aliphatic rings. The lowest BCUT2D eigenvalue weighted by atomic mass is 10.1. The van der Waals surface area contributed by atoms with E-state index < -0.39 is 6.04 Å². The Morgan fingerprint density at radius 3 is 2.00 bits per heavy atom. The molecule has 1 aromatic rings. The Hall–Kier alpha value is -1.46. The molecular formula is C18H32FN3O. The maximum absolute atomic E-state index is 12.8. The topological polar surface area (TPSA) is 49.6 Å². The fraction of sp³-hybridized carbons (Fsp3) is 0.611. The highest BCUT2D eigenvalue weighted by Crippen LogP contribution is 2.15. The van der Waals surface area contributed by atoms with Crippen LogP contribution in [-0.2, 0) is 4.79 Å². The zero-order valence-corrected chi connectivity index (χ0v) is 15.2. The first-order valence-electron chi connectivity index (χ1n) is 8.48. The van der Waals surface area contributed by atoms with Gasteiger partial charge in [-0.25, -0.2) is 4.39 Å². The van der Waals surface area contributed by atoms with Gasteiger partial charge in [-0.05, 0) is 24.7 Å². The van der Waals surface area contributed by atoms with Crippen molar-refractivity contribution in [3.8, 4) is 0 Å². The SMILES string of the molecule is CC.CCC.CN1CCN(C(=O)C(N)c2ccc(F)cc2)CC1. The second kappa shape index (κ2) is 12.0. The monoisotopic (exact) mass is 325 g/mol. The summed E-state index contributed by atoms with van der Waals surface area (Å²) in [6, 6.07) is 5.08. The first-order valence-corrected chi connectivity index (χ1v) is 8.48. The molecule has 1 saturated heterocycles. The largest absolute Gasteiger partial charge is 0.338 e. The Labute approximate surface area is 140 Å². The van der Waals surface area contributed by atoms with E-state index in [1.54, 1.807) is 17.0 Å². The highest BCUT2D eigenvalue weighted by Gasteiger charge is 2.24. The lowest BCUT2D eigenvalue weighted by Gasteiger charge is -2.33. The Bertz CT molecular complexity index is 428. The quantitative estimate of drug-likeness (QED) is 0.909. The van der Waals surface area contributed by atoms with E-state index in [9.17, 15) is 9.18 Å². The number of halogens is 1. The molecular weight excluding hydrogens is 293 g/mol. The van der Waals surface area contributed by atoms with Crippen molar-refractivity contribution in [2.45, 2.75) is 40.2 Å². The number of carbonyl (C=O) groups excluding carboxylic acids is 1. The average Bonchev–Trinajstić information content (AvgIpc) is 2.57. The van der Waals surface area contributed by atoms with Crippen LogP contribution in [0.25, 0.3) is 0 Å². The standard InChI is InChI=1S/C13H18FN3O.C3H8.C2H6/c1-16-6-8-17(9-7-16)13(18)12(15)10-2-4-11(14)5-3-10;1-3-2;1-2/h2-5,12H,6-9,15H2,1H3;3H2,1-2H3;1-2H3. The van der Waals surface area contributed by atoms with Crippen LogP contribution in [-0.4, -0.2) is 48.9 Å². The summed E-state index contributed by atoms with van der Waals surface area (Å²) in [5, 5.41) is 0. The van der Waals surface area contributed by atoms with E-state index in [1.807, 2.05) is 20.9 Å². The molecule has 1 atom stereocenters. The third kappa shape index (κ3) is 7.57. The minimum Gasteiger partial charge on any atom is -0.338 e. The van der Waals surface area contributed by atoms with E-state index in [1.165, 1.54) is 18.6 Å². The predicted molar refractivity (Wildman–Crippen MR) is 94.7 cm³/mol. The Kier molecular flexibility index (Phi) is 11.3. The molecule has 5 heteroatoms. The number of rotatable bonds is 2. The van der Waals surface area contributed by atoms with Crippen LogP contribution in [0.1, 0.15) is 45.7 Å². The summed E-state index contributed by atoms with van der Waals surface area (Å²) in [4.78, 5) is 16.1. The molecule has 0 radical (unpaired) electrons. The van der Waals surface area contributed by atoms with Gasteiger partial charge in [0, 0.05) is 26.2 Å². The lowest BCUT2D eigenvalue weighted by molar-refractivity contribution is -0.134. The van der Waals surface area contributed by atoms with Crippen LogP contribution in [0.5, 0.6) is 0 Å². The van der Waals surface area contributed by atoms with Crippen molar-refractivity contribution >= 4 is 5.91 Å². The molecule has 1 heterocycles. The zero-order valence-electron chi connectivity index (χ0n) is 15.2. The van der Waals surface area contributed by atoms with Crippen LogP contribution in [0.2, 0.25) is 0 Å².